The minimum atomic E-state index is -2.84. The van der Waals surface area contributed by atoms with Crippen molar-refractivity contribution in [3.8, 4) is 0 Å². The average Bonchev–Trinajstić information content (AvgIpc) is 2.35. The van der Waals surface area contributed by atoms with Crippen molar-refractivity contribution in [1.29, 1.82) is 0 Å². The molecule has 1 aromatic carbocycles. The SMILES string of the molecule is CCc1cccc2nc(C)c(C(=O)O)c(C(F)F)c12. The summed E-state index contributed by atoms with van der Waals surface area (Å²) in [6.45, 7) is 3.28. The lowest BCUT2D eigenvalue weighted by Crippen LogP contribution is -2.09. The molecule has 0 aliphatic rings. The van der Waals surface area contributed by atoms with Gasteiger partial charge >= 0.3 is 5.97 Å². The van der Waals surface area contributed by atoms with Crippen LogP contribution in [0.25, 0.3) is 10.9 Å². The number of hydrogen-bond donors (Lipinski definition) is 1. The first-order chi connectivity index (χ1) is 8.97. The normalized spacial score (nSPS) is 11.2. The molecule has 0 amide bonds. The monoisotopic (exact) mass is 265 g/mol. The molecule has 1 aromatic heterocycles. The Morgan fingerprint density at radius 3 is 2.63 bits per heavy atom. The highest BCUT2D eigenvalue weighted by molar-refractivity contribution is 5.98. The van der Waals surface area contributed by atoms with Gasteiger partial charge in [0.2, 0.25) is 0 Å². The molecule has 3 nitrogen and oxygen atoms in total. The fraction of sp³-hybridized carbons (Fsp3) is 0.286. The number of halogens is 2. The predicted molar refractivity (Wildman–Crippen MR) is 67.8 cm³/mol. The molecule has 0 bridgehead atoms. The molecular formula is C14H13F2NO2. The molecule has 1 N–H and O–H groups in total. The van der Waals surface area contributed by atoms with Crippen LogP contribution in [0.1, 0.15) is 40.5 Å². The first-order valence-corrected chi connectivity index (χ1v) is 5.90. The molecule has 0 spiro atoms. The van der Waals surface area contributed by atoms with Crippen LogP contribution in [0.5, 0.6) is 0 Å². The van der Waals surface area contributed by atoms with Crippen LogP contribution in [-0.4, -0.2) is 16.1 Å². The number of hydrogen-bond acceptors (Lipinski definition) is 2. The minimum absolute atomic E-state index is 0.114. The number of aryl methyl sites for hydroxylation is 2. The third-order valence-corrected chi connectivity index (χ3v) is 3.13. The molecular weight excluding hydrogens is 252 g/mol. The van der Waals surface area contributed by atoms with E-state index >= 15 is 0 Å². The summed E-state index contributed by atoms with van der Waals surface area (Å²) < 4.78 is 26.6. The number of benzene rings is 1. The quantitative estimate of drug-likeness (QED) is 0.919. The molecule has 100 valence electrons. The standard InChI is InChI=1S/C14H13F2NO2/c1-3-8-5-4-6-9-11(8)12(13(15)16)10(14(18)19)7(2)17-9/h4-6,13H,3H2,1-2H3,(H,18,19). The predicted octanol–water partition coefficient (Wildman–Crippen LogP) is 3.74. The summed E-state index contributed by atoms with van der Waals surface area (Å²) >= 11 is 0. The van der Waals surface area contributed by atoms with Gasteiger partial charge in [-0.3, -0.25) is 4.98 Å². The van der Waals surface area contributed by atoms with Gasteiger partial charge < -0.3 is 5.11 Å². The molecule has 0 saturated carbocycles. The Morgan fingerprint density at radius 2 is 2.11 bits per heavy atom. The molecule has 0 atom stereocenters. The second-order valence-corrected chi connectivity index (χ2v) is 4.26. The third-order valence-electron chi connectivity index (χ3n) is 3.13. The van der Waals surface area contributed by atoms with Crippen LogP contribution in [0.4, 0.5) is 8.78 Å². The van der Waals surface area contributed by atoms with Crippen LogP contribution in [0.2, 0.25) is 0 Å². The van der Waals surface area contributed by atoms with Gasteiger partial charge in [-0.1, -0.05) is 19.1 Å². The molecule has 19 heavy (non-hydrogen) atoms. The van der Waals surface area contributed by atoms with Crippen molar-refractivity contribution in [1.82, 2.24) is 4.98 Å². The Hall–Kier alpha value is -2.04. The number of rotatable bonds is 3. The van der Waals surface area contributed by atoms with Crippen molar-refractivity contribution >= 4 is 16.9 Å². The molecule has 0 radical (unpaired) electrons. The van der Waals surface area contributed by atoms with E-state index in [1.807, 2.05) is 6.92 Å². The van der Waals surface area contributed by atoms with Crippen molar-refractivity contribution in [2.45, 2.75) is 26.7 Å². The molecule has 2 aromatic rings. The van der Waals surface area contributed by atoms with Crippen LogP contribution >= 0.6 is 0 Å². The van der Waals surface area contributed by atoms with E-state index in [-0.39, 0.29) is 16.6 Å². The number of fused-ring (bicyclic) bond motifs is 1. The molecule has 0 aliphatic carbocycles. The molecule has 5 heteroatoms. The number of nitrogens with zero attached hydrogens (tertiary/aromatic N) is 1. The van der Waals surface area contributed by atoms with E-state index in [4.69, 9.17) is 5.11 Å². The Balaban J connectivity index is 3.00. The summed E-state index contributed by atoms with van der Waals surface area (Å²) in [6.07, 6.45) is -2.30. The van der Waals surface area contributed by atoms with Crippen LogP contribution in [-0.2, 0) is 6.42 Å². The Morgan fingerprint density at radius 1 is 1.42 bits per heavy atom. The summed E-state index contributed by atoms with van der Waals surface area (Å²) in [5, 5.41) is 9.41. The van der Waals surface area contributed by atoms with Crippen molar-refractivity contribution in [3.05, 3.63) is 40.6 Å². The Labute approximate surface area is 108 Å². The van der Waals surface area contributed by atoms with Gasteiger partial charge in [0.05, 0.1) is 16.8 Å². The second kappa shape index (κ2) is 4.91. The van der Waals surface area contributed by atoms with E-state index in [1.54, 1.807) is 18.2 Å². The van der Waals surface area contributed by atoms with Crippen LogP contribution in [0, 0.1) is 6.92 Å². The van der Waals surface area contributed by atoms with Crippen LogP contribution in [0.3, 0.4) is 0 Å². The summed E-state index contributed by atoms with van der Waals surface area (Å²) in [5.41, 5.74) is 0.402. The van der Waals surface area contributed by atoms with E-state index in [0.29, 0.717) is 17.5 Å². The smallest absolute Gasteiger partial charge is 0.338 e. The first-order valence-electron chi connectivity index (χ1n) is 5.90. The number of aromatic carboxylic acids is 1. The highest BCUT2D eigenvalue weighted by atomic mass is 19.3. The lowest BCUT2D eigenvalue weighted by molar-refractivity contribution is 0.0684. The molecule has 2 rings (SSSR count). The van der Waals surface area contributed by atoms with Crippen molar-refractivity contribution in [2.24, 2.45) is 0 Å². The van der Waals surface area contributed by atoms with E-state index < -0.39 is 18.0 Å². The number of alkyl halides is 2. The minimum Gasteiger partial charge on any atom is -0.478 e. The lowest BCUT2D eigenvalue weighted by Gasteiger charge is -2.14. The fourth-order valence-corrected chi connectivity index (χ4v) is 2.33. The van der Waals surface area contributed by atoms with Crippen LogP contribution in [0.15, 0.2) is 18.2 Å². The number of carboxylic acids is 1. The summed E-state index contributed by atoms with van der Waals surface area (Å²) in [6, 6.07) is 5.08. The average molecular weight is 265 g/mol. The molecule has 0 saturated heterocycles. The Bertz CT molecular complexity index is 653. The summed E-state index contributed by atoms with van der Waals surface area (Å²) in [5.74, 6) is -1.37. The lowest BCUT2D eigenvalue weighted by atomic mass is 9.96. The molecule has 0 fully saturated rings. The summed E-state index contributed by atoms with van der Waals surface area (Å²) in [4.78, 5) is 15.4. The number of carboxylic acid groups (broad SMARTS) is 1. The van der Waals surface area contributed by atoms with Crippen molar-refractivity contribution in [2.75, 3.05) is 0 Å². The van der Waals surface area contributed by atoms with Gasteiger partial charge in [0, 0.05) is 10.9 Å². The highest BCUT2D eigenvalue weighted by Gasteiger charge is 2.25. The van der Waals surface area contributed by atoms with Gasteiger partial charge in [-0.25, -0.2) is 13.6 Å². The molecule has 0 unspecified atom stereocenters. The van der Waals surface area contributed by atoms with Gasteiger partial charge in [-0.05, 0) is 25.0 Å². The first kappa shape index (κ1) is 13.4. The van der Waals surface area contributed by atoms with E-state index in [2.05, 4.69) is 4.98 Å². The van der Waals surface area contributed by atoms with Gasteiger partial charge in [-0.2, -0.15) is 0 Å². The maximum atomic E-state index is 13.3. The highest BCUT2D eigenvalue weighted by Crippen LogP contribution is 2.34. The van der Waals surface area contributed by atoms with E-state index in [9.17, 15) is 13.6 Å². The fourth-order valence-electron chi connectivity index (χ4n) is 2.33. The maximum Gasteiger partial charge on any atom is 0.338 e. The van der Waals surface area contributed by atoms with Gasteiger partial charge in [0.15, 0.2) is 0 Å². The van der Waals surface area contributed by atoms with Crippen molar-refractivity contribution < 1.29 is 18.7 Å². The zero-order chi connectivity index (χ0) is 14.2. The third kappa shape index (κ3) is 2.16. The molecule has 0 aliphatic heterocycles. The van der Waals surface area contributed by atoms with E-state index in [1.165, 1.54) is 6.92 Å². The van der Waals surface area contributed by atoms with Crippen molar-refractivity contribution in [3.63, 3.8) is 0 Å². The second-order valence-electron chi connectivity index (χ2n) is 4.26. The summed E-state index contributed by atoms with van der Waals surface area (Å²) in [7, 11) is 0. The Kier molecular flexibility index (Phi) is 3.46. The largest absolute Gasteiger partial charge is 0.478 e. The number of pyridine rings is 1. The maximum absolute atomic E-state index is 13.3. The number of carbonyl (C=O) groups is 1. The van der Waals surface area contributed by atoms with Gasteiger partial charge in [0.1, 0.15) is 0 Å². The zero-order valence-corrected chi connectivity index (χ0v) is 10.6. The zero-order valence-electron chi connectivity index (χ0n) is 10.6. The van der Waals surface area contributed by atoms with Crippen LogP contribution < -0.4 is 0 Å². The van der Waals surface area contributed by atoms with Gasteiger partial charge in [-0.15, -0.1) is 0 Å². The van der Waals surface area contributed by atoms with E-state index in [0.717, 1.165) is 0 Å². The van der Waals surface area contributed by atoms with Gasteiger partial charge in [0.25, 0.3) is 6.43 Å². The molecule has 1 heterocycles. The topological polar surface area (TPSA) is 50.2 Å². The number of aromatic nitrogens is 1.